The quantitative estimate of drug-likeness (QED) is 0.501. The van der Waals surface area contributed by atoms with Gasteiger partial charge in [-0.25, -0.2) is 4.68 Å². The predicted octanol–water partition coefficient (Wildman–Crippen LogP) is 3.61. The van der Waals surface area contributed by atoms with Gasteiger partial charge in [-0.2, -0.15) is 0 Å². The van der Waals surface area contributed by atoms with E-state index in [0.29, 0.717) is 28.9 Å². The number of hydrogen-bond donors (Lipinski definition) is 1. The Kier molecular flexibility index (Phi) is 9.76. The largest absolute Gasteiger partial charge is 0.491 e. The van der Waals surface area contributed by atoms with Gasteiger partial charge in [0.2, 0.25) is 5.16 Å². The fourth-order valence-corrected chi connectivity index (χ4v) is 3.36. The lowest BCUT2D eigenvalue weighted by Gasteiger charge is -2.11. The molecule has 2 aromatic rings. The third kappa shape index (κ3) is 6.29. The number of aryl methyl sites for hydroxylation is 1. The summed E-state index contributed by atoms with van der Waals surface area (Å²) >= 11 is 14.0. The highest BCUT2D eigenvalue weighted by molar-refractivity contribution is 7.99. The molecular formula is C14H20Cl3N5OS. The van der Waals surface area contributed by atoms with Crippen LogP contribution in [0, 0.1) is 0 Å². The van der Waals surface area contributed by atoms with Crippen LogP contribution in [0.5, 0.6) is 5.75 Å². The first-order valence-electron chi connectivity index (χ1n) is 7.28. The number of halogens is 3. The average Bonchev–Trinajstić information content (AvgIpc) is 2.92. The zero-order chi connectivity index (χ0) is 16.7. The number of aromatic nitrogens is 4. The van der Waals surface area contributed by atoms with E-state index in [-0.39, 0.29) is 12.4 Å². The summed E-state index contributed by atoms with van der Waals surface area (Å²) < 4.78 is 7.09. The van der Waals surface area contributed by atoms with Gasteiger partial charge in [-0.3, -0.25) is 0 Å². The first-order valence-corrected chi connectivity index (χ1v) is 9.02. The van der Waals surface area contributed by atoms with E-state index < -0.39 is 0 Å². The van der Waals surface area contributed by atoms with E-state index in [1.54, 1.807) is 16.4 Å². The molecule has 2 rings (SSSR count). The topological polar surface area (TPSA) is 64.9 Å². The molecule has 10 heteroatoms. The second-order valence-corrected chi connectivity index (χ2v) is 6.66. The zero-order valence-electron chi connectivity index (χ0n) is 13.5. The lowest BCUT2D eigenvalue weighted by molar-refractivity contribution is 0.340. The van der Waals surface area contributed by atoms with Crippen LogP contribution in [-0.2, 0) is 13.6 Å². The maximum absolute atomic E-state index is 6.19. The summed E-state index contributed by atoms with van der Waals surface area (Å²) in [4.78, 5) is 0. The Morgan fingerprint density at radius 3 is 2.58 bits per heavy atom. The van der Waals surface area contributed by atoms with Gasteiger partial charge in [0.05, 0.1) is 16.7 Å². The molecule has 0 atom stereocenters. The van der Waals surface area contributed by atoms with Gasteiger partial charge >= 0.3 is 0 Å². The van der Waals surface area contributed by atoms with Gasteiger partial charge < -0.3 is 10.1 Å². The zero-order valence-corrected chi connectivity index (χ0v) is 16.6. The van der Waals surface area contributed by atoms with Crippen molar-refractivity contribution in [3.63, 3.8) is 0 Å². The molecule has 0 radical (unpaired) electrons. The molecule has 1 heterocycles. The standard InChI is InChI=1S/C14H19Cl2N5OS.ClH/c1-3-22-13-11(15)7-10(8-12(13)16)9-17-5-4-6-23-14-18-19-20-21(14)2;/h7-8,17H,3-6,9H2,1-2H3;1H. The van der Waals surface area contributed by atoms with Crippen LogP contribution in [0.15, 0.2) is 17.3 Å². The molecule has 24 heavy (non-hydrogen) atoms. The van der Waals surface area contributed by atoms with Gasteiger partial charge in [0.25, 0.3) is 0 Å². The summed E-state index contributed by atoms with van der Waals surface area (Å²) in [6.07, 6.45) is 1.01. The van der Waals surface area contributed by atoms with Crippen LogP contribution in [0.1, 0.15) is 18.9 Å². The predicted molar refractivity (Wildman–Crippen MR) is 101 cm³/mol. The summed E-state index contributed by atoms with van der Waals surface area (Å²) in [5, 5.41) is 16.6. The summed E-state index contributed by atoms with van der Waals surface area (Å²) in [6.45, 7) is 4.04. The second-order valence-electron chi connectivity index (χ2n) is 4.79. The van der Waals surface area contributed by atoms with Crippen molar-refractivity contribution in [1.29, 1.82) is 0 Å². The third-order valence-electron chi connectivity index (χ3n) is 2.99. The molecule has 0 aliphatic carbocycles. The minimum Gasteiger partial charge on any atom is -0.491 e. The Labute approximate surface area is 162 Å². The van der Waals surface area contributed by atoms with Crippen LogP contribution >= 0.6 is 47.4 Å². The van der Waals surface area contributed by atoms with E-state index in [0.717, 1.165) is 29.4 Å². The Hall–Kier alpha value is -0.730. The van der Waals surface area contributed by atoms with Crippen molar-refractivity contribution in [2.45, 2.75) is 25.0 Å². The molecule has 0 saturated carbocycles. The Morgan fingerprint density at radius 1 is 1.29 bits per heavy atom. The summed E-state index contributed by atoms with van der Waals surface area (Å²) in [7, 11) is 1.83. The fraction of sp³-hybridized carbons (Fsp3) is 0.500. The SMILES string of the molecule is CCOc1c(Cl)cc(CNCCCSc2nnnn2C)cc1Cl.Cl. The molecule has 0 saturated heterocycles. The van der Waals surface area contributed by atoms with E-state index in [2.05, 4.69) is 20.8 Å². The van der Waals surface area contributed by atoms with Crippen molar-refractivity contribution in [1.82, 2.24) is 25.5 Å². The minimum absolute atomic E-state index is 0. The molecule has 0 fully saturated rings. The van der Waals surface area contributed by atoms with E-state index >= 15 is 0 Å². The van der Waals surface area contributed by atoms with E-state index in [1.165, 1.54) is 0 Å². The minimum atomic E-state index is 0. The smallest absolute Gasteiger partial charge is 0.209 e. The lowest BCUT2D eigenvalue weighted by atomic mass is 10.2. The van der Waals surface area contributed by atoms with Crippen LogP contribution < -0.4 is 10.1 Å². The van der Waals surface area contributed by atoms with Crippen LogP contribution in [0.25, 0.3) is 0 Å². The number of nitrogens with one attached hydrogen (secondary N) is 1. The van der Waals surface area contributed by atoms with E-state index in [1.807, 2.05) is 26.1 Å². The number of ether oxygens (including phenoxy) is 1. The van der Waals surface area contributed by atoms with Crippen molar-refractivity contribution >= 4 is 47.4 Å². The van der Waals surface area contributed by atoms with Gasteiger partial charge in [-0.15, -0.1) is 17.5 Å². The molecule has 0 bridgehead atoms. The normalized spacial score (nSPS) is 10.5. The van der Waals surface area contributed by atoms with Crippen LogP contribution in [0.2, 0.25) is 10.0 Å². The molecule has 0 unspecified atom stereocenters. The first kappa shape index (κ1) is 21.3. The second kappa shape index (κ2) is 11.0. The fourth-order valence-electron chi connectivity index (χ4n) is 1.93. The van der Waals surface area contributed by atoms with Gasteiger partial charge in [0, 0.05) is 19.3 Å². The molecule has 0 spiro atoms. The van der Waals surface area contributed by atoms with Crippen LogP contribution in [-0.4, -0.2) is 39.1 Å². The number of rotatable bonds is 9. The van der Waals surface area contributed by atoms with E-state index in [9.17, 15) is 0 Å². The van der Waals surface area contributed by atoms with Gasteiger partial charge in [-0.05, 0) is 48.0 Å². The molecule has 6 nitrogen and oxygen atoms in total. The highest BCUT2D eigenvalue weighted by Gasteiger charge is 2.09. The van der Waals surface area contributed by atoms with Crippen molar-refractivity contribution in [2.75, 3.05) is 18.9 Å². The third-order valence-corrected chi connectivity index (χ3v) is 4.64. The number of nitrogens with zero attached hydrogens (tertiary/aromatic N) is 4. The highest BCUT2D eigenvalue weighted by Crippen LogP contribution is 2.34. The van der Waals surface area contributed by atoms with Crippen LogP contribution in [0.4, 0.5) is 0 Å². The summed E-state index contributed by atoms with van der Waals surface area (Å²) in [6, 6.07) is 3.76. The maximum atomic E-state index is 6.19. The Bertz CT molecular complexity index is 618. The number of thioether (sulfide) groups is 1. The van der Waals surface area contributed by atoms with Crippen LogP contribution in [0.3, 0.4) is 0 Å². The summed E-state index contributed by atoms with van der Waals surface area (Å²) in [5.41, 5.74) is 1.04. The molecule has 0 amide bonds. The first-order chi connectivity index (χ1) is 11.1. The Morgan fingerprint density at radius 2 is 2.00 bits per heavy atom. The molecule has 1 N–H and O–H groups in total. The number of hydrogen-bond acceptors (Lipinski definition) is 6. The summed E-state index contributed by atoms with van der Waals surface area (Å²) in [5.74, 6) is 1.50. The van der Waals surface area contributed by atoms with Gasteiger partial charge in [0.15, 0.2) is 5.75 Å². The molecule has 1 aromatic carbocycles. The van der Waals surface area contributed by atoms with Gasteiger partial charge in [-0.1, -0.05) is 35.0 Å². The monoisotopic (exact) mass is 411 g/mol. The average molecular weight is 413 g/mol. The maximum Gasteiger partial charge on any atom is 0.209 e. The Balaban J connectivity index is 0.00000288. The van der Waals surface area contributed by atoms with Crippen molar-refractivity contribution in [3.8, 4) is 5.75 Å². The lowest BCUT2D eigenvalue weighted by Crippen LogP contribution is -2.15. The van der Waals surface area contributed by atoms with Crippen molar-refractivity contribution < 1.29 is 4.74 Å². The molecule has 1 aromatic heterocycles. The molecule has 0 aliphatic rings. The number of benzene rings is 1. The molecule has 134 valence electrons. The van der Waals surface area contributed by atoms with Gasteiger partial charge in [0.1, 0.15) is 0 Å². The highest BCUT2D eigenvalue weighted by atomic mass is 35.5. The van der Waals surface area contributed by atoms with Crippen molar-refractivity contribution in [2.24, 2.45) is 7.05 Å². The molecular weight excluding hydrogens is 393 g/mol. The number of tetrazole rings is 1. The van der Waals surface area contributed by atoms with E-state index in [4.69, 9.17) is 27.9 Å². The molecule has 0 aliphatic heterocycles. The van der Waals surface area contributed by atoms with Crippen molar-refractivity contribution in [3.05, 3.63) is 27.7 Å².